The van der Waals surface area contributed by atoms with Gasteiger partial charge in [0.15, 0.2) is 11.0 Å². The highest BCUT2D eigenvalue weighted by molar-refractivity contribution is 8.04. The number of ether oxygens (including phenoxy) is 2. The van der Waals surface area contributed by atoms with E-state index in [0.717, 1.165) is 17.8 Å². The van der Waals surface area contributed by atoms with E-state index in [0.29, 0.717) is 40.2 Å². The van der Waals surface area contributed by atoms with E-state index in [4.69, 9.17) is 37.1 Å². The van der Waals surface area contributed by atoms with E-state index < -0.39 is 10.9 Å². The summed E-state index contributed by atoms with van der Waals surface area (Å²) in [6, 6.07) is 10.8. The van der Waals surface area contributed by atoms with E-state index in [9.17, 15) is 20.0 Å². The minimum Gasteiger partial charge on any atom is -0.497 e. The summed E-state index contributed by atoms with van der Waals surface area (Å²) in [6.45, 7) is 2.34. The molecule has 2 aromatic carbocycles. The van der Waals surface area contributed by atoms with Crippen molar-refractivity contribution in [2.45, 2.75) is 18.6 Å². The fraction of sp³-hybridized carbons (Fsp3) is 0.160. The number of methoxy groups -OCH3 is 2. The third-order valence-corrected chi connectivity index (χ3v) is 7.07. The minimum atomic E-state index is -1.20. The number of hydrogen-bond acceptors (Lipinski definition) is 9. The quantitative estimate of drug-likeness (QED) is 0.0919. The third kappa shape index (κ3) is 6.03. The van der Waals surface area contributed by atoms with Gasteiger partial charge in [-0.3, -0.25) is 10.1 Å². The molecule has 0 fully saturated rings. The average Bonchev–Trinajstić information content (AvgIpc) is 3.55. The van der Waals surface area contributed by atoms with Crippen LogP contribution in [0.1, 0.15) is 12.7 Å². The number of rotatable bonds is 10. The van der Waals surface area contributed by atoms with Gasteiger partial charge >= 0.3 is 5.97 Å². The van der Waals surface area contributed by atoms with Crippen molar-refractivity contribution in [3.8, 4) is 34.2 Å². The van der Waals surface area contributed by atoms with Crippen LogP contribution in [0.3, 0.4) is 0 Å². The van der Waals surface area contributed by atoms with Crippen molar-refractivity contribution in [2.24, 2.45) is 0 Å². The van der Waals surface area contributed by atoms with Gasteiger partial charge in [-0.2, -0.15) is 0 Å². The van der Waals surface area contributed by atoms with Crippen LogP contribution in [0.2, 0.25) is 10.0 Å². The molecule has 0 atom stereocenters. The van der Waals surface area contributed by atoms with E-state index in [2.05, 4.69) is 10.2 Å². The first-order valence-electron chi connectivity index (χ1n) is 11.2. The van der Waals surface area contributed by atoms with Crippen LogP contribution in [0.15, 0.2) is 56.9 Å². The molecule has 0 spiro atoms. The molecule has 2 aromatic heterocycles. The second kappa shape index (κ2) is 11.8. The predicted octanol–water partition coefficient (Wildman–Crippen LogP) is 6.68. The Morgan fingerprint density at radius 1 is 1.13 bits per heavy atom. The number of carbonyl (C=O) groups is 1. The number of nitro benzene ring substituents is 1. The van der Waals surface area contributed by atoms with E-state index in [1.165, 1.54) is 12.1 Å². The zero-order valence-corrected chi connectivity index (χ0v) is 23.0. The summed E-state index contributed by atoms with van der Waals surface area (Å²) in [6.07, 6.45) is 1.33. The van der Waals surface area contributed by atoms with Gasteiger partial charge in [0.25, 0.3) is 5.69 Å². The summed E-state index contributed by atoms with van der Waals surface area (Å²) < 4.78 is 18.2. The highest BCUT2D eigenvalue weighted by Gasteiger charge is 2.21. The van der Waals surface area contributed by atoms with Crippen molar-refractivity contribution in [1.29, 1.82) is 0 Å². The predicted molar refractivity (Wildman–Crippen MR) is 147 cm³/mol. The van der Waals surface area contributed by atoms with Gasteiger partial charge in [-0.1, -0.05) is 23.2 Å². The van der Waals surface area contributed by atoms with Gasteiger partial charge in [-0.15, -0.1) is 10.2 Å². The first kappa shape index (κ1) is 28.0. The molecule has 0 aliphatic rings. The van der Waals surface area contributed by atoms with Crippen molar-refractivity contribution in [3.05, 3.63) is 73.3 Å². The van der Waals surface area contributed by atoms with Gasteiger partial charge in [-0.25, -0.2) is 4.79 Å². The molecule has 4 rings (SSSR count). The summed E-state index contributed by atoms with van der Waals surface area (Å²) in [5.74, 6) is 0.901. The number of furan rings is 1. The van der Waals surface area contributed by atoms with Crippen LogP contribution in [0.5, 0.6) is 11.5 Å². The van der Waals surface area contributed by atoms with Gasteiger partial charge in [0, 0.05) is 35.9 Å². The third-order valence-electron chi connectivity index (χ3n) is 5.45. The molecule has 0 radical (unpaired) electrons. The number of nitrogens with zero attached hydrogens (tertiary/aromatic N) is 4. The summed E-state index contributed by atoms with van der Waals surface area (Å²) in [5, 5.41) is 29.7. The zero-order valence-electron chi connectivity index (χ0n) is 20.7. The van der Waals surface area contributed by atoms with Crippen molar-refractivity contribution in [3.63, 3.8) is 0 Å². The Morgan fingerprint density at radius 2 is 1.82 bits per heavy atom. The minimum absolute atomic E-state index is 0.0570. The lowest BCUT2D eigenvalue weighted by Crippen LogP contribution is -2.03. The number of halogens is 2. The maximum Gasteiger partial charge on any atom is 0.342 e. The molecule has 202 valence electrons. The fourth-order valence-corrected chi connectivity index (χ4v) is 4.95. The number of carboxylic acid groups (broad SMARTS) is 1. The molecule has 0 unspecified atom stereocenters. The van der Waals surface area contributed by atoms with Crippen LogP contribution in [-0.4, -0.2) is 45.0 Å². The Morgan fingerprint density at radius 3 is 2.41 bits per heavy atom. The van der Waals surface area contributed by atoms with Gasteiger partial charge in [0.05, 0.1) is 24.2 Å². The fourth-order valence-electron chi connectivity index (χ4n) is 3.60. The van der Waals surface area contributed by atoms with Gasteiger partial charge < -0.3 is 23.6 Å². The summed E-state index contributed by atoms with van der Waals surface area (Å²) in [4.78, 5) is 22.5. The van der Waals surface area contributed by atoms with Crippen molar-refractivity contribution in [2.75, 3.05) is 14.2 Å². The Kier molecular flexibility index (Phi) is 8.48. The molecule has 1 N–H and O–H groups in total. The Hall–Kier alpha value is -4.00. The standard InChI is InChI=1S/C25H20Cl2N4O7S/c1-4-30-23(13-7-15(36-2)9-16(8-13)37-3)28-29-25(30)39-22(24(32)33)10-14-5-6-21(38-14)17-11-19(27)20(31(34)35)12-18(17)26/h5-12H,4H2,1-3H3,(H,32,33)/b22-10-. The molecule has 2 heterocycles. The lowest BCUT2D eigenvalue weighted by atomic mass is 10.1. The van der Waals surface area contributed by atoms with Crippen molar-refractivity contribution < 1.29 is 28.7 Å². The van der Waals surface area contributed by atoms with E-state index in [1.807, 2.05) is 6.92 Å². The molecule has 4 aromatic rings. The lowest BCUT2D eigenvalue weighted by molar-refractivity contribution is -0.384. The van der Waals surface area contributed by atoms with Gasteiger partial charge in [0.2, 0.25) is 0 Å². The monoisotopic (exact) mass is 590 g/mol. The second-order valence-corrected chi connectivity index (χ2v) is 9.63. The Balaban J connectivity index is 1.66. The number of aromatic nitrogens is 3. The van der Waals surface area contributed by atoms with E-state index in [-0.39, 0.29) is 32.2 Å². The first-order valence-corrected chi connectivity index (χ1v) is 12.8. The second-order valence-electron chi connectivity index (χ2n) is 7.81. The maximum atomic E-state index is 12.1. The molecule has 14 heteroatoms. The zero-order chi connectivity index (χ0) is 28.3. The Labute approximate surface area is 236 Å². The van der Waals surface area contributed by atoms with Crippen LogP contribution in [-0.2, 0) is 11.3 Å². The van der Waals surface area contributed by atoms with Crippen LogP contribution < -0.4 is 9.47 Å². The largest absolute Gasteiger partial charge is 0.497 e. The van der Waals surface area contributed by atoms with Gasteiger partial charge in [-0.05, 0) is 49.0 Å². The van der Waals surface area contributed by atoms with Crippen molar-refractivity contribution in [1.82, 2.24) is 14.8 Å². The SMILES string of the molecule is CCn1c(S/C(=C\c2ccc(-c3cc(Cl)c([N+](=O)[O-])cc3Cl)o2)C(=O)O)nnc1-c1cc(OC)cc(OC)c1. The van der Waals surface area contributed by atoms with E-state index >= 15 is 0 Å². The number of nitro groups is 1. The summed E-state index contributed by atoms with van der Waals surface area (Å²) in [7, 11) is 3.08. The summed E-state index contributed by atoms with van der Waals surface area (Å²) in [5.41, 5.74) is 0.663. The number of carboxylic acids is 1. The molecule has 0 amide bonds. The number of hydrogen-bond donors (Lipinski definition) is 1. The number of aliphatic carboxylic acids is 1. The topological polar surface area (TPSA) is 143 Å². The highest BCUT2D eigenvalue weighted by Crippen LogP contribution is 2.38. The number of benzene rings is 2. The summed E-state index contributed by atoms with van der Waals surface area (Å²) >= 11 is 13.1. The van der Waals surface area contributed by atoms with Gasteiger partial charge in [0.1, 0.15) is 32.9 Å². The van der Waals surface area contributed by atoms with Crippen LogP contribution in [0.4, 0.5) is 5.69 Å². The highest BCUT2D eigenvalue weighted by atomic mass is 35.5. The molecule has 11 nitrogen and oxygen atoms in total. The van der Waals surface area contributed by atoms with Crippen LogP contribution in [0, 0.1) is 10.1 Å². The molecule has 0 aliphatic heterocycles. The van der Waals surface area contributed by atoms with E-state index in [1.54, 1.807) is 49.1 Å². The molecule has 0 aliphatic carbocycles. The molecule has 0 saturated carbocycles. The van der Waals surface area contributed by atoms with Crippen molar-refractivity contribution >= 4 is 52.7 Å². The molecule has 39 heavy (non-hydrogen) atoms. The molecular weight excluding hydrogens is 571 g/mol. The first-order chi connectivity index (χ1) is 18.6. The lowest BCUT2D eigenvalue weighted by Gasteiger charge is -2.10. The molecule has 0 bridgehead atoms. The normalized spacial score (nSPS) is 11.5. The molecule has 0 saturated heterocycles. The smallest absolute Gasteiger partial charge is 0.342 e. The average molecular weight is 591 g/mol. The number of thioether (sulfide) groups is 1. The van der Waals surface area contributed by atoms with Crippen LogP contribution in [0.25, 0.3) is 28.8 Å². The van der Waals surface area contributed by atoms with Crippen LogP contribution >= 0.6 is 35.0 Å². The molecular formula is C25H20Cl2N4O7S. The maximum absolute atomic E-state index is 12.1. The Bertz CT molecular complexity index is 1580.